The summed E-state index contributed by atoms with van der Waals surface area (Å²) < 4.78 is 0. The van der Waals surface area contributed by atoms with Gasteiger partial charge in [0.05, 0.1) is 10.7 Å². The van der Waals surface area contributed by atoms with E-state index in [2.05, 4.69) is 60.9 Å². The van der Waals surface area contributed by atoms with Gasteiger partial charge >= 0.3 is 0 Å². The first-order chi connectivity index (χ1) is 9.69. The van der Waals surface area contributed by atoms with Crippen molar-refractivity contribution in [3.63, 3.8) is 0 Å². The maximum Gasteiger partial charge on any atom is 0.0948 e. The first-order valence-electron chi connectivity index (χ1n) is 7.07. The van der Waals surface area contributed by atoms with Crippen LogP contribution in [0.25, 0.3) is 11.3 Å². The van der Waals surface area contributed by atoms with Gasteiger partial charge in [0.1, 0.15) is 0 Å². The minimum atomic E-state index is 0.463. The minimum absolute atomic E-state index is 0.463. The highest BCUT2D eigenvalue weighted by atomic mass is 32.1. The molecule has 108 valence electrons. The van der Waals surface area contributed by atoms with Gasteiger partial charge in [0.25, 0.3) is 0 Å². The van der Waals surface area contributed by atoms with E-state index < -0.39 is 0 Å². The molecule has 4 heteroatoms. The standard InChI is InChI=1S/C16H23N3S/c1-4-17-14(11-19(2)3)10-16-18-15(12-20-16)13-8-6-5-7-9-13/h5-9,12,14,17H,4,10-11H2,1-3H3. The molecule has 2 rings (SSSR count). The third-order valence-corrected chi connectivity index (χ3v) is 3.99. The van der Waals surface area contributed by atoms with E-state index in [1.54, 1.807) is 11.3 Å². The molecule has 0 aliphatic rings. The molecule has 3 nitrogen and oxygen atoms in total. The highest BCUT2D eigenvalue weighted by Crippen LogP contribution is 2.22. The van der Waals surface area contributed by atoms with Crippen molar-refractivity contribution in [3.8, 4) is 11.3 Å². The Morgan fingerprint density at radius 2 is 2.00 bits per heavy atom. The topological polar surface area (TPSA) is 28.2 Å². The number of nitrogens with zero attached hydrogens (tertiary/aromatic N) is 2. The summed E-state index contributed by atoms with van der Waals surface area (Å²) >= 11 is 1.76. The summed E-state index contributed by atoms with van der Waals surface area (Å²) in [4.78, 5) is 6.99. The lowest BCUT2D eigenvalue weighted by molar-refractivity contribution is 0.339. The molecule has 1 aromatic carbocycles. The van der Waals surface area contributed by atoms with Gasteiger partial charge in [0, 0.05) is 30.0 Å². The van der Waals surface area contributed by atoms with Crippen molar-refractivity contribution in [2.24, 2.45) is 0 Å². The maximum atomic E-state index is 4.77. The van der Waals surface area contributed by atoms with Crippen molar-refractivity contribution >= 4 is 11.3 Å². The normalized spacial score (nSPS) is 12.8. The number of aromatic nitrogens is 1. The number of likely N-dealkylation sites (N-methyl/N-ethyl adjacent to an activating group) is 2. The van der Waals surface area contributed by atoms with Gasteiger partial charge in [-0.1, -0.05) is 37.3 Å². The quantitative estimate of drug-likeness (QED) is 0.849. The maximum absolute atomic E-state index is 4.77. The fourth-order valence-corrected chi connectivity index (χ4v) is 3.17. The zero-order valence-electron chi connectivity index (χ0n) is 12.5. The molecular weight excluding hydrogens is 266 g/mol. The summed E-state index contributed by atoms with van der Waals surface area (Å²) in [6, 6.07) is 10.8. The molecule has 0 spiro atoms. The molecule has 1 unspecified atom stereocenters. The Morgan fingerprint density at radius 1 is 1.25 bits per heavy atom. The van der Waals surface area contributed by atoms with Gasteiger partial charge < -0.3 is 10.2 Å². The Bertz CT molecular complexity index is 507. The number of nitrogens with one attached hydrogen (secondary N) is 1. The molecule has 0 saturated heterocycles. The van der Waals surface area contributed by atoms with Crippen LogP contribution < -0.4 is 5.32 Å². The Kier molecular flexibility index (Phi) is 5.71. The van der Waals surface area contributed by atoms with E-state index in [1.165, 1.54) is 10.6 Å². The number of thiazole rings is 1. The summed E-state index contributed by atoms with van der Waals surface area (Å²) in [7, 11) is 4.23. The molecule has 0 bridgehead atoms. The Balaban J connectivity index is 2.04. The van der Waals surface area contributed by atoms with E-state index in [0.29, 0.717) is 6.04 Å². The van der Waals surface area contributed by atoms with Crippen LogP contribution in [0.5, 0.6) is 0 Å². The van der Waals surface area contributed by atoms with Gasteiger partial charge in [-0.2, -0.15) is 0 Å². The number of hydrogen-bond acceptors (Lipinski definition) is 4. The molecule has 1 N–H and O–H groups in total. The molecule has 20 heavy (non-hydrogen) atoms. The van der Waals surface area contributed by atoms with E-state index in [1.807, 2.05) is 6.07 Å². The van der Waals surface area contributed by atoms with Crippen molar-refractivity contribution < 1.29 is 0 Å². The molecule has 0 fully saturated rings. The smallest absolute Gasteiger partial charge is 0.0948 e. The van der Waals surface area contributed by atoms with Gasteiger partial charge in [-0.25, -0.2) is 4.98 Å². The van der Waals surface area contributed by atoms with Crippen molar-refractivity contribution in [1.82, 2.24) is 15.2 Å². The summed E-state index contributed by atoms with van der Waals surface area (Å²) in [5.41, 5.74) is 2.29. The van der Waals surface area contributed by atoms with Crippen molar-refractivity contribution in [2.45, 2.75) is 19.4 Å². The molecule has 1 atom stereocenters. The summed E-state index contributed by atoms with van der Waals surface area (Å²) in [6.07, 6.45) is 0.990. The number of benzene rings is 1. The average Bonchev–Trinajstić information content (AvgIpc) is 2.88. The van der Waals surface area contributed by atoms with Crippen LogP contribution >= 0.6 is 11.3 Å². The fourth-order valence-electron chi connectivity index (χ4n) is 2.29. The lowest BCUT2D eigenvalue weighted by Crippen LogP contribution is -2.39. The molecule has 0 aliphatic carbocycles. The van der Waals surface area contributed by atoms with E-state index in [9.17, 15) is 0 Å². The molecule has 2 aromatic rings. The van der Waals surface area contributed by atoms with E-state index in [0.717, 1.165) is 25.2 Å². The van der Waals surface area contributed by atoms with Crippen LogP contribution in [0.4, 0.5) is 0 Å². The zero-order chi connectivity index (χ0) is 14.4. The van der Waals surface area contributed by atoms with Crippen molar-refractivity contribution in [1.29, 1.82) is 0 Å². The van der Waals surface area contributed by atoms with Crippen LogP contribution in [0.3, 0.4) is 0 Å². The van der Waals surface area contributed by atoms with E-state index >= 15 is 0 Å². The lowest BCUT2D eigenvalue weighted by Gasteiger charge is -2.20. The highest BCUT2D eigenvalue weighted by Gasteiger charge is 2.12. The molecule has 1 heterocycles. The third kappa shape index (κ3) is 4.40. The largest absolute Gasteiger partial charge is 0.313 e. The SMILES string of the molecule is CCNC(Cc1nc(-c2ccccc2)cs1)CN(C)C. The van der Waals surface area contributed by atoms with Gasteiger partial charge in [-0.15, -0.1) is 11.3 Å². The Hall–Kier alpha value is -1.23. The van der Waals surface area contributed by atoms with Crippen molar-refractivity contribution in [3.05, 3.63) is 40.7 Å². The summed E-state index contributed by atoms with van der Waals surface area (Å²) in [5, 5.41) is 6.90. The molecule has 1 aromatic heterocycles. The summed E-state index contributed by atoms with van der Waals surface area (Å²) in [6.45, 7) is 4.18. The second-order valence-corrected chi connectivity index (χ2v) is 6.16. The second-order valence-electron chi connectivity index (χ2n) is 5.21. The molecule has 0 radical (unpaired) electrons. The van der Waals surface area contributed by atoms with Crippen LogP contribution in [-0.4, -0.2) is 43.1 Å². The monoisotopic (exact) mass is 289 g/mol. The second kappa shape index (κ2) is 7.53. The third-order valence-electron chi connectivity index (χ3n) is 3.12. The Labute approximate surface area is 125 Å². The molecule has 0 amide bonds. The van der Waals surface area contributed by atoms with Crippen LogP contribution in [-0.2, 0) is 6.42 Å². The lowest BCUT2D eigenvalue weighted by atomic mass is 10.2. The highest BCUT2D eigenvalue weighted by molar-refractivity contribution is 7.09. The predicted octanol–water partition coefficient (Wildman–Crippen LogP) is 2.89. The predicted molar refractivity (Wildman–Crippen MR) is 87.3 cm³/mol. The fraction of sp³-hybridized carbons (Fsp3) is 0.438. The average molecular weight is 289 g/mol. The van der Waals surface area contributed by atoms with Gasteiger partial charge in [0.15, 0.2) is 0 Å². The summed E-state index contributed by atoms with van der Waals surface area (Å²) in [5.74, 6) is 0. The van der Waals surface area contributed by atoms with Crippen LogP contribution in [0, 0.1) is 0 Å². The van der Waals surface area contributed by atoms with Gasteiger partial charge in [-0.3, -0.25) is 0 Å². The van der Waals surface area contributed by atoms with E-state index in [-0.39, 0.29) is 0 Å². The molecular formula is C16H23N3S. The van der Waals surface area contributed by atoms with E-state index in [4.69, 9.17) is 4.98 Å². The number of rotatable bonds is 7. The minimum Gasteiger partial charge on any atom is -0.313 e. The van der Waals surface area contributed by atoms with Crippen molar-refractivity contribution in [2.75, 3.05) is 27.2 Å². The zero-order valence-corrected chi connectivity index (χ0v) is 13.3. The first kappa shape index (κ1) is 15.2. The van der Waals surface area contributed by atoms with Gasteiger partial charge in [0.2, 0.25) is 0 Å². The number of hydrogen-bond donors (Lipinski definition) is 1. The van der Waals surface area contributed by atoms with Crippen LogP contribution in [0.2, 0.25) is 0 Å². The van der Waals surface area contributed by atoms with Crippen LogP contribution in [0.1, 0.15) is 11.9 Å². The first-order valence-corrected chi connectivity index (χ1v) is 7.95. The molecule has 0 aliphatic heterocycles. The molecule has 0 saturated carbocycles. The Morgan fingerprint density at radius 3 is 2.65 bits per heavy atom. The van der Waals surface area contributed by atoms with Gasteiger partial charge in [-0.05, 0) is 20.6 Å². The van der Waals surface area contributed by atoms with Crippen LogP contribution in [0.15, 0.2) is 35.7 Å².